The number of thioether (sulfide) groups is 1. The summed E-state index contributed by atoms with van der Waals surface area (Å²) in [6.45, 7) is 8.01. The summed E-state index contributed by atoms with van der Waals surface area (Å²) >= 11 is 1.26. The maximum Gasteiger partial charge on any atom is 0.188 e. The molecule has 4 aliphatic carbocycles. The van der Waals surface area contributed by atoms with Crippen LogP contribution in [0.5, 0.6) is 0 Å². The van der Waals surface area contributed by atoms with Gasteiger partial charge >= 0.3 is 0 Å². The third-order valence-electron chi connectivity index (χ3n) is 9.61. The van der Waals surface area contributed by atoms with Crippen LogP contribution in [0.4, 0.5) is 0 Å². The van der Waals surface area contributed by atoms with E-state index in [1.54, 1.807) is 18.3 Å². The first kappa shape index (κ1) is 23.9. The lowest BCUT2D eigenvalue weighted by Crippen LogP contribution is -2.62. The second-order valence-electron chi connectivity index (χ2n) is 11.3. The van der Waals surface area contributed by atoms with Gasteiger partial charge in [-0.3, -0.25) is 9.59 Å². The molecule has 2 N–H and O–H groups in total. The molecule has 0 bridgehead atoms. The number of carbonyl (C=O) groups is 2. The van der Waals surface area contributed by atoms with Gasteiger partial charge in [-0.15, -0.1) is 0 Å². The van der Waals surface area contributed by atoms with Crippen molar-refractivity contribution in [2.75, 3.05) is 5.75 Å². The van der Waals surface area contributed by atoms with E-state index in [1.165, 1.54) is 11.8 Å². The number of aliphatic hydroxyl groups is 2. The summed E-state index contributed by atoms with van der Waals surface area (Å²) in [7, 11) is 0. The third-order valence-corrected chi connectivity index (χ3v) is 10.5. The molecule has 0 amide bonds. The predicted octanol–water partition coefficient (Wildman–Crippen LogP) is 3.70. The molecule has 6 nitrogen and oxygen atoms in total. The van der Waals surface area contributed by atoms with E-state index in [1.807, 2.05) is 32.9 Å². The van der Waals surface area contributed by atoms with Gasteiger partial charge in [0, 0.05) is 28.6 Å². The average Bonchev–Trinajstić information content (AvgIpc) is 2.99. The van der Waals surface area contributed by atoms with E-state index in [-0.39, 0.29) is 46.4 Å². The smallest absolute Gasteiger partial charge is 0.188 e. The summed E-state index contributed by atoms with van der Waals surface area (Å²) in [5, 5.41) is 24.1. The first-order chi connectivity index (χ1) is 16.0. The lowest BCUT2D eigenvalue weighted by atomic mass is 9.46. The summed E-state index contributed by atoms with van der Waals surface area (Å²) < 4.78 is 0. The van der Waals surface area contributed by atoms with Crippen LogP contribution in [0.3, 0.4) is 0 Å². The molecule has 7 heteroatoms. The Balaban J connectivity index is 1.44. The molecule has 1 aromatic heterocycles. The molecular formula is C27H34N2O4S. The van der Waals surface area contributed by atoms with Crippen molar-refractivity contribution in [1.29, 1.82) is 0 Å². The third kappa shape index (κ3) is 3.30. The zero-order chi connectivity index (χ0) is 24.5. The van der Waals surface area contributed by atoms with Crippen molar-refractivity contribution in [3.63, 3.8) is 0 Å². The highest BCUT2D eigenvalue weighted by Crippen LogP contribution is 2.68. The van der Waals surface area contributed by atoms with Gasteiger partial charge in [0.25, 0.3) is 0 Å². The Hall–Kier alpha value is -1.83. The van der Waals surface area contributed by atoms with Crippen molar-refractivity contribution >= 4 is 23.3 Å². The lowest BCUT2D eigenvalue weighted by Gasteiger charge is -2.59. The van der Waals surface area contributed by atoms with Crippen LogP contribution in [-0.4, -0.2) is 49.2 Å². The number of aliphatic hydroxyl groups excluding tert-OH is 1. The van der Waals surface area contributed by atoms with Crippen molar-refractivity contribution in [2.45, 2.75) is 70.2 Å². The summed E-state index contributed by atoms with van der Waals surface area (Å²) in [6.07, 6.45) is 9.21. The molecule has 182 valence electrons. The maximum atomic E-state index is 13.6. The van der Waals surface area contributed by atoms with Crippen molar-refractivity contribution in [1.82, 2.24) is 9.97 Å². The summed E-state index contributed by atoms with van der Waals surface area (Å²) in [5.74, 6) is 0.0249. The van der Waals surface area contributed by atoms with Crippen LogP contribution in [0.1, 0.15) is 52.1 Å². The van der Waals surface area contributed by atoms with Crippen LogP contribution in [0.2, 0.25) is 0 Å². The molecule has 1 heterocycles. The number of fused-ring (bicyclic) bond motifs is 5. The van der Waals surface area contributed by atoms with Gasteiger partial charge in [0.05, 0.1) is 11.9 Å². The molecule has 34 heavy (non-hydrogen) atoms. The molecule has 0 radical (unpaired) electrons. The van der Waals surface area contributed by atoms with E-state index in [0.29, 0.717) is 11.6 Å². The van der Waals surface area contributed by atoms with Gasteiger partial charge in [-0.2, -0.15) is 0 Å². The number of carbonyl (C=O) groups excluding carboxylic acids is 2. The molecule has 0 spiro atoms. The van der Waals surface area contributed by atoms with Gasteiger partial charge in [0.1, 0.15) is 5.60 Å². The zero-order valence-corrected chi connectivity index (χ0v) is 21.1. The first-order valence-electron chi connectivity index (χ1n) is 12.3. The molecule has 1 aromatic rings. The van der Waals surface area contributed by atoms with E-state index in [0.717, 1.165) is 30.5 Å². The normalized spacial score (nSPS) is 43.1. The number of aromatic nitrogens is 2. The standard InChI is InChI=1S/C27H34N2O4S/c1-15-11-20-19-6-5-17-12-18(30)7-9-25(17,3)23(19)21(31)13-26(20,4)27(15,33)22(32)14-34-24-28-10-8-16(2)29-24/h7-10,12,15,19-21,23,31,33H,5-6,11,13-14H2,1-4H3/t15-,19?,20?,21?,23?,25?,26?,27+/m1/s1. The number of ketones is 2. The number of Topliss-reactive ketones (excluding diaryl/α,β-unsaturated/α-hetero) is 1. The van der Waals surface area contributed by atoms with Gasteiger partial charge in [-0.1, -0.05) is 44.2 Å². The molecule has 3 saturated carbocycles. The van der Waals surface area contributed by atoms with Crippen LogP contribution < -0.4 is 0 Å². The fourth-order valence-electron chi connectivity index (χ4n) is 7.99. The zero-order valence-electron chi connectivity index (χ0n) is 20.3. The highest BCUT2D eigenvalue weighted by atomic mass is 32.2. The fourth-order valence-corrected chi connectivity index (χ4v) is 8.81. The molecule has 6 unspecified atom stereocenters. The summed E-state index contributed by atoms with van der Waals surface area (Å²) in [5.41, 5.74) is -0.622. The van der Waals surface area contributed by atoms with E-state index in [4.69, 9.17) is 0 Å². The Labute approximate surface area is 205 Å². The minimum atomic E-state index is -1.50. The Kier molecular flexibility index (Phi) is 5.69. The Morgan fingerprint density at radius 1 is 1.32 bits per heavy atom. The number of allylic oxidation sites excluding steroid dienone is 4. The molecular weight excluding hydrogens is 448 g/mol. The van der Waals surface area contributed by atoms with Gasteiger partial charge in [-0.05, 0) is 68.6 Å². The van der Waals surface area contributed by atoms with Gasteiger partial charge < -0.3 is 10.2 Å². The molecule has 5 rings (SSSR count). The SMILES string of the molecule is Cc1ccnc(SCC(=O)[C@@]2(O)[C@H](C)CC3C4CCC5=CC(=O)C=CC5(C)C4C(O)CC32C)n1. The van der Waals surface area contributed by atoms with Crippen LogP contribution in [0, 0.1) is 41.4 Å². The van der Waals surface area contributed by atoms with E-state index in [2.05, 4.69) is 16.9 Å². The topological polar surface area (TPSA) is 100 Å². The average molecular weight is 483 g/mol. The van der Waals surface area contributed by atoms with Crippen molar-refractivity contribution in [3.8, 4) is 0 Å². The second-order valence-corrected chi connectivity index (χ2v) is 12.2. The number of aryl methyl sites for hydroxylation is 1. The van der Waals surface area contributed by atoms with Gasteiger partial charge in [0.2, 0.25) is 0 Å². The van der Waals surface area contributed by atoms with E-state index in [9.17, 15) is 19.8 Å². The number of nitrogens with zero attached hydrogens (tertiary/aromatic N) is 2. The van der Waals surface area contributed by atoms with Crippen molar-refractivity contribution < 1.29 is 19.8 Å². The first-order valence-corrected chi connectivity index (χ1v) is 13.3. The Morgan fingerprint density at radius 3 is 2.82 bits per heavy atom. The number of rotatable bonds is 4. The fraction of sp³-hybridized carbons (Fsp3) is 0.630. The van der Waals surface area contributed by atoms with E-state index >= 15 is 0 Å². The second kappa shape index (κ2) is 8.10. The van der Waals surface area contributed by atoms with Crippen LogP contribution >= 0.6 is 11.8 Å². The molecule has 3 fully saturated rings. The van der Waals surface area contributed by atoms with Gasteiger partial charge in [0.15, 0.2) is 16.7 Å². The van der Waals surface area contributed by atoms with Crippen molar-refractivity contribution in [2.24, 2.45) is 34.5 Å². The molecule has 0 aliphatic heterocycles. The molecule has 4 aliphatic rings. The quantitative estimate of drug-likeness (QED) is 0.498. The summed E-state index contributed by atoms with van der Waals surface area (Å²) in [4.78, 5) is 34.2. The maximum absolute atomic E-state index is 13.6. The molecule has 0 saturated heterocycles. The Morgan fingerprint density at radius 2 is 2.09 bits per heavy atom. The largest absolute Gasteiger partial charge is 0.393 e. The van der Waals surface area contributed by atoms with Crippen LogP contribution in [0.25, 0.3) is 0 Å². The summed E-state index contributed by atoms with van der Waals surface area (Å²) in [6, 6.07) is 1.81. The minimum absolute atomic E-state index is 0.0188. The Bertz CT molecular complexity index is 1100. The van der Waals surface area contributed by atoms with Crippen molar-refractivity contribution in [3.05, 3.63) is 41.8 Å². The highest BCUT2D eigenvalue weighted by Gasteiger charge is 2.70. The monoisotopic (exact) mass is 482 g/mol. The molecule has 0 aromatic carbocycles. The van der Waals surface area contributed by atoms with E-state index < -0.39 is 17.1 Å². The predicted molar refractivity (Wildman–Crippen MR) is 130 cm³/mol. The number of hydrogen-bond acceptors (Lipinski definition) is 7. The highest BCUT2D eigenvalue weighted by molar-refractivity contribution is 7.99. The number of hydrogen-bond donors (Lipinski definition) is 2. The van der Waals surface area contributed by atoms with Crippen LogP contribution in [-0.2, 0) is 9.59 Å². The van der Waals surface area contributed by atoms with Crippen LogP contribution in [0.15, 0.2) is 41.2 Å². The minimum Gasteiger partial charge on any atom is -0.393 e. The lowest BCUT2D eigenvalue weighted by molar-refractivity contribution is -0.179. The van der Waals surface area contributed by atoms with Gasteiger partial charge in [-0.25, -0.2) is 9.97 Å². The molecule has 8 atom stereocenters.